The number of carbonyl (C=O) groups excluding carboxylic acids is 1. The number of fused-ring (bicyclic) bond motifs is 4. The lowest BCUT2D eigenvalue weighted by Gasteiger charge is -2.22. The number of ether oxygens (including phenoxy) is 4. The zero-order chi connectivity index (χ0) is 18.0. The summed E-state index contributed by atoms with van der Waals surface area (Å²) < 4.78 is 24.2. The molecule has 0 fully saturated rings. The van der Waals surface area contributed by atoms with E-state index in [1.54, 1.807) is 13.2 Å². The van der Waals surface area contributed by atoms with Crippen LogP contribution in [0.2, 0.25) is 0 Å². The maximum Gasteiger partial charge on any atom is 0.262 e. The van der Waals surface area contributed by atoms with E-state index in [1.807, 2.05) is 36.0 Å². The highest BCUT2D eigenvalue weighted by molar-refractivity contribution is 6.26. The molecule has 2 aliphatic rings. The van der Waals surface area contributed by atoms with Crippen molar-refractivity contribution in [1.29, 1.82) is 0 Å². The third kappa shape index (κ3) is 1.71. The van der Waals surface area contributed by atoms with Crippen LogP contribution in [0.4, 0.5) is 0 Å². The van der Waals surface area contributed by atoms with E-state index in [-0.39, 0.29) is 12.6 Å². The first-order chi connectivity index (χ1) is 12.7. The van der Waals surface area contributed by atoms with Gasteiger partial charge in [0.25, 0.3) is 11.5 Å². The minimum absolute atomic E-state index is 0.102. The predicted octanol–water partition coefficient (Wildman–Crippen LogP) is 2.62. The molecule has 0 atom stereocenters. The molecule has 1 aliphatic heterocycles. The standard InChI is InChI=1S/C20H16NO5/c1-21-7-6-10-8-13-20(26-9-25-13)15-11-4-5-12(23-2)19(24-3)16(11)18(22)17(21)14(10)15/h4-8H,9H2,1-3H3/q+1. The number of rotatable bonds is 2. The highest BCUT2D eigenvalue weighted by atomic mass is 16.7. The van der Waals surface area contributed by atoms with Crippen LogP contribution in [0.3, 0.4) is 0 Å². The molecule has 0 bridgehead atoms. The molecule has 3 aromatic rings. The summed E-state index contributed by atoms with van der Waals surface area (Å²) in [6.07, 6.45) is 1.87. The average molecular weight is 350 g/mol. The Morgan fingerprint density at radius 2 is 1.92 bits per heavy atom. The van der Waals surface area contributed by atoms with Gasteiger partial charge in [-0.2, -0.15) is 4.57 Å². The van der Waals surface area contributed by atoms with Crippen molar-refractivity contribution >= 4 is 16.6 Å². The molecule has 0 spiro atoms. The van der Waals surface area contributed by atoms with Crippen LogP contribution in [-0.2, 0) is 7.05 Å². The Morgan fingerprint density at radius 1 is 1.08 bits per heavy atom. The summed E-state index contributed by atoms with van der Waals surface area (Å²) in [4.78, 5) is 13.4. The van der Waals surface area contributed by atoms with Crippen molar-refractivity contribution in [2.75, 3.05) is 21.0 Å². The fraction of sp³-hybridized carbons (Fsp3) is 0.200. The Bertz CT molecular complexity index is 1120. The molecule has 1 aromatic heterocycles. The number of hydrogen-bond donors (Lipinski definition) is 0. The molecule has 0 amide bonds. The smallest absolute Gasteiger partial charge is 0.262 e. The van der Waals surface area contributed by atoms with E-state index in [0.29, 0.717) is 34.3 Å². The van der Waals surface area contributed by atoms with Crippen LogP contribution in [-0.4, -0.2) is 26.8 Å². The molecule has 26 heavy (non-hydrogen) atoms. The third-order valence-electron chi connectivity index (χ3n) is 5.02. The zero-order valence-corrected chi connectivity index (χ0v) is 14.6. The van der Waals surface area contributed by atoms with E-state index in [4.69, 9.17) is 18.9 Å². The minimum atomic E-state index is -0.102. The molecule has 2 aromatic carbocycles. The first-order valence-electron chi connectivity index (χ1n) is 8.20. The quantitative estimate of drug-likeness (QED) is 0.520. The second-order valence-corrected chi connectivity index (χ2v) is 6.28. The normalized spacial score (nSPS) is 13.7. The molecule has 130 valence electrons. The summed E-state index contributed by atoms with van der Waals surface area (Å²) in [7, 11) is 4.95. The third-order valence-corrected chi connectivity index (χ3v) is 5.02. The lowest BCUT2D eigenvalue weighted by molar-refractivity contribution is -0.671. The average Bonchev–Trinajstić information content (AvgIpc) is 3.12. The van der Waals surface area contributed by atoms with Crippen LogP contribution in [0.5, 0.6) is 23.0 Å². The van der Waals surface area contributed by atoms with Gasteiger partial charge in [0, 0.05) is 17.2 Å². The molecule has 0 saturated heterocycles. The number of ketones is 1. The molecule has 0 N–H and O–H groups in total. The molecule has 1 aliphatic carbocycles. The molecule has 6 nitrogen and oxygen atoms in total. The first-order valence-corrected chi connectivity index (χ1v) is 8.20. The number of nitrogens with zero attached hydrogens (tertiary/aromatic N) is 1. The molecule has 0 radical (unpaired) electrons. The fourth-order valence-electron chi connectivity index (χ4n) is 3.90. The van der Waals surface area contributed by atoms with Gasteiger partial charge >= 0.3 is 0 Å². The number of aromatic nitrogens is 1. The number of methoxy groups -OCH3 is 2. The maximum absolute atomic E-state index is 13.4. The number of aryl methyl sites for hydroxylation is 1. The van der Waals surface area contributed by atoms with Gasteiger partial charge in [0.2, 0.25) is 6.79 Å². The van der Waals surface area contributed by atoms with Crippen molar-refractivity contribution < 1.29 is 28.3 Å². The lowest BCUT2D eigenvalue weighted by atomic mass is 9.83. The Labute approximate surface area is 149 Å². The predicted molar refractivity (Wildman–Crippen MR) is 93.2 cm³/mol. The first kappa shape index (κ1) is 15.0. The Hall–Kier alpha value is -3.28. The van der Waals surface area contributed by atoms with Crippen molar-refractivity contribution in [1.82, 2.24) is 0 Å². The highest BCUT2D eigenvalue weighted by Gasteiger charge is 2.39. The van der Waals surface area contributed by atoms with E-state index in [1.165, 1.54) is 7.11 Å². The lowest BCUT2D eigenvalue weighted by Crippen LogP contribution is -2.37. The molecule has 0 unspecified atom stereocenters. The molecule has 2 heterocycles. The monoisotopic (exact) mass is 350 g/mol. The van der Waals surface area contributed by atoms with E-state index < -0.39 is 0 Å². The summed E-state index contributed by atoms with van der Waals surface area (Å²) in [5.41, 5.74) is 2.69. The zero-order valence-electron chi connectivity index (χ0n) is 14.6. The van der Waals surface area contributed by atoms with Crippen molar-refractivity contribution in [3.8, 4) is 34.1 Å². The molecular formula is C20H16NO5+. The van der Waals surface area contributed by atoms with Gasteiger partial charge in [-0.25, -0.2) is 0 Å². The van der Waals surface area contributed by atoms with Crippen molar-refractivity contribution in [2.45, 2.75) is 0 Å². The summed E-state index contributed by atoms with van der Waals surface area (Å²) in [5, 5.41) is 1.80. The number of carbonyl (C=O) groups is 1. The van der Waals surface area contributed by atoms with Crippen LogP contribution < -0.4 is 23.5 Å². The maximum atomic E-state index is 13.4. The second kappa shape index (κ2) is 5.11. The van der Waals surface area contributed by atoms with Crippen molar-refractivity contribution in [2.24, 2.45) is 7.05 Å². The van der Waals surface area contributed by atoms with Gasteiger partial charge in [0.15, 0.2) is 29.2 Å². The Morgan fingerprint density at radius 3 is 2.69 bits per heavy atom. The van der Waals surface area contributed by atoms with Gasteiger partial charge in [-0.3, -0.25) is 4.79 Å². The van der Waals surface area contributed by atoms with Crippen LogP contribution in [0, 0.1) is 0 Å². The summed E-state index contributed by atoms with van der Waals surface area (Å²) >= 11 is 0. The van der Waals surface area contributed by atoms with Crippen molar-refractivity contribution in [3.05, 3.63) is 41.7 Å². The van der Waals surface area contributed by atoms with Crippen molar-refractivity contribution in [3.63, 3.8) is 0 Å². The van der Waals surface area contributed by atoms with Crippen LogP contribution in [0.25, 0.3) is 21.9 Å². The van der Waals surface area contributed by atoms with Gasteiger partial charge < -0.3 is 18.9 Å². The van der Waals surface area contributed by atoms with E-state index in [0.717, 1.165) is 21.9 Å². The largest absolute Gasteiger partial charge is 0.493 e. The molecule has 6 heteroatoms. The van der Waals surface area contributed by atoms with Gasteiger partial charge in [-0.1, -0.05) is 0 Å². The summed E-state index contributed by atoms with van der Waals surface area (Å²) in [5.74, 6) is 2.18. The topological polar surface area (TPSA) is 57.9 Å². The fourth-order valence-corrected chi connectivity index (χ4v) is 3.90. The van der Waals surface area contributed by atoms with Crippen LogP contribution in [0.15, 0.2) is 30.5 Å². The van der Waals surface area contributed by atoms with E-state index in [2.05, 4.69) is 0 Å². The van der Waals surface area contributed by atoms with Gasteiger partial charge in [-0.15, -0.1) is 0 Å². The van der Waals surface area contributed by atoms with Crippen LogP contribution >= 0.6 is 0 Å². The summed E-state index contributed by atoms with van der Waals surface area (Å²) in [6.45, 7) is 0.163. The minimum Gasteiger partial charge on any atom is -0.493 e. The van der Waals surface area contributed by atoms with Gasteiger partial charge in [0.05, 0.1) is 25.2 Å². The Balaban J connectivity index is 2.02. The molecule has 0 saturated carbocycles. The van der Waals surface area contributed by atoms with Gasteiger partial charge in [0.1, 0.15) is 7.05 Å². The van der Waals surface area contributed by atoms with Crippen LogP contribution in [0.1, 0.15) is 16.1 Å². The highest BCUT2D eigenvalue weighted by Crippen LogP contribution is 2.52. The Kier molecular flexibility index (Phi) is 2.95. The summed E-state index contributed by atoms with van der Waals surface area (Å²) in [6, 6.07) is 7.58. The van der Waals surface area contributed by atoms with Gasteiger partial charge in [-0.05, 0) is 23.6 Å². The second-order valence-electron chi connectivity index (χ2n) is 6.28. The van der Waals surface area contributed by atoms with E-state index >= 15 is 0 Å². The molecule has 5 rings (SSSR count). The molecular weight excluding hydrogens is 334 g/mol. The number of hydrogen-bond acceptors (Lipinski definition) is 5. The van der Waals surface area contributed by atoms with E-state index in [9.17, 15) is 4.79 Å². The number of benzene rings is 2. The SMILES string of the molecule is COc1ccc2c(c1OC)C(=O)c1c3c-2c2c(cc3cc[n+]1C)OCO2. The number of pyridine rings is 1.